The fourth-order valence-corrected chi connectivity index (χ4v) is 1.36. The monoisotopic (exact) mass is 210 g/mol. The molecule has 1 aromatic carbocycles. The molecular weight excluding hydrogens is 195 g/mol. The normalized spacial score (nSPS) is 12.3. The molecule has 0 aliphatic heterocycles. The van der Waals surface area contributed by atoms with E-state index in [9.17, 15) is 9.18 Å². The van der Waals surface area contributed by atoms with Crippen LogP contribution in [-0.4, -0.2) is 30.4 Å². The predicted octanol–water partition coefficient (Wildman–Crippen LogP) is 1.24. The van der Waals surface area contributed by atoms with Gasteiger partial charge < -0.3 is 10.6 Å². The standard InChI is InChI=1S/C11H15FN2O/c1-8(13)7-14(2)11(15)9-5-3-4-6-10(9)12/h3-6,8H,7,13H2,1-2H3. The van der Waals surface area contributed by atoms with Crippen molar-refractivity contribution in [1.29, 1.82) is 0 Å². The van der Waals surface area contributed by atoms with Crippen LogP contribution in [0.3, 0.4) is 0 Å². The molecule has 1 amide bonds. The number of likely N-dealkylation sites (N-methyl/N-ethyl adjacent to an activating group) is 1. The second kappa shape index (κ2) is 4.89. The fourth-order valence-electron chi connectivity index (χ4n) is 1.36. The highest BCUT2D eigenvalue weighted by atomic mass is 19.1. The van der Waals surface area contributed by atoms with Gasteiger partial charge in [-0.3, -0.25) is 4.79 Å². The van der Waals surface area contributed by atoms with Crippen molar-refractivity contribution in [3.63, 3.8) is 0 Å². The van der Waals surface area contributed by atoms with Crippen molar-refractivity contribution >= 4 is 5.91 Å². The van der Waals surface area contributed by atoms with Crippen LogP contribution in [0.1, 0.15) is 17.3 Å². The van der Waals surface area contributed by atoms with Gasteiger partial charge in [0.1, 0.15) is 5.82 Å². The third kappa shape index (κ3) is 3.02. The van der Waals surface area contributed by atoms with Crippen molar-refractivity contribution in [2.75, 3.05) is 13.6 Å². The lowest BCUT2D eigenvalue weighted by molar-refractivity contribution is 0.0784. The summed E-state index contributed by atoms with van der Waals surface area (Å²) in [5.41, 5.74) is 5.64. The van der Waals surface area contributed by atoms with E-state index >= 15 is 0 Å². The molecule has 0 aliphatic carbocycles. The summed E-state index contributed by atoms with van der Waals surface area (Å²) in [7, 11) is 1.61. The van der Waals surface area contributed by atoms with Gasteiger partial charge in [-0.25, -0.2) is 4.39 Å². The first kappa shape index (κ1) is 11.7. The molecule has 0 saturated carbocycles. The minimum absolute atomic E-state index is 0.0839. The zero-order chi connectivity index (χ0) is 11.4. The molecule has 0 fully saturated rings. The van der Waals surface area contributed by atoms with Crippen LogP contribution in [0.5, 0.6) is 0 Å². The van der Waals surface area contributed by atoms with Gasteiger partial charge in [-0.05, 0) is 19.1 Å². The largest absolute Gasteiger partial charge is 0.340 e. The molecule has 2 N–H and O–H groups in total. The van der Waals surface area contributed by atoms with E-state index in [1.165, 1.54) is 17.0 Å². The van der Waals surface area contributed by atoms with Crippen LogP contribution in [0.4, 0.5) is 4.39 Å². The summed E-state index contributed by atoms with van der Waals surface area (Å²) < 4.78 is 13.3. The Hall–Kier alpha value is -1.42. The molecule has 1 atom stereocenters. The number of benzene rings is 1. The Morgan fingerprint density at radius 3 is 2.67 bits per heavy atom. The maximum Gasteiger partial charge on any atom is 0.256 e. The quantitative estimate of drug-likeness (QED) is 0.816. The Balaban J connectivity index is 2.81. The number of hydrogen-bond acceptors (Lipinski definition) is 2. The van der Waals surface area contributed by atoms with E-state index in [1.54, 1.807) is 26.1 Å². The second-order valence-electron chi connectivity index (χ2n) is 3.64. The van der Waals surface area contributed by atoms with E-state index in [0.717, 1.165) is 0 Å². The average molecular weight is 210 g/mol. The van der Waals surface area contributed by atoms with Crippen LogP contribution in [0.25, 0.3) is 0 Å². The first-order valence-electron chi connectivity index (χ1n) is 4.78. The Morgan fingerprint density at radius 1 is 1.53 bits per heavy atom. The number of hydrogen-bond donors (Lipinski definition) is 1. The summed E-state index contributed by atoms with van der Waals surface area (Å²) in [5.74, 6) is -0.843. The average Bonchev–Trinajstić information content (AvgIpc) is 2.16. The number of carbonyl (C=O) groups excluding carboxylic acids is 1. The third-order valence-corrected chi connectivity index (χ3v) is 2.01. The van der Waals surface area contributed by atoms with Crippen LogP contribution in [0.2, 0.25) is 0 Å². The lowest BCUT2D eigenvalue weighted by Crippen LogP contribution is -2.37. The van der Waals surface area contributed by atoms with Crippen LogP contribution >= 0.6 is 0 Å². The highest BCUT2D eigenvalue weighted by molar-refractivity contribution is 5.94. The highest BCUT2D eigenvalue weighted by Crippen LogP contribution is 2.08. The minimum Gasteiger partial charge on any atom is -0.340 e. The summed E-state index contributed by atoms with van der Waals surface area (Å²) in [5, 5.41) is 0. The molecule has 4 heteroatoms. The van der Waals surface area contributed by atoms with Gasteiger partial charge in [-0.15, -0.1) is 0 Å². The van der Waals surface area contributed by atoms with Gasteiger partial charge >= 0.3 is 0 Å². The van der Waals surface area contributed by atoms with Crippen molar-refractivity contribution in [2.45, 2.75) is 13.0 Å². The van der Waals surface area contributed by atoms with Crippen molar-refractivity contribution in [2.24, 2.45) is 5.73 Å². The number of carbonyl (C=O) groups is 1. The van der Waals surface area contributed by atoms with Crippen molar-refractivity contribution in [3.05, 3.63) is 35.6 Å². The van der Waals surface area contributed by atoms with Crippen molar-refractivity contribution in [3.8, 4) is 0 Å². The molecule has 0 bridgehead atoms. The molecule has 0 saturated heterocycles. The Bertz CT molecular complexity index is 352. The molecular formula is C11H15FN2O. The van der Waals surface area contributed by atoms with Gasteiger partial charge in [0, 0.05) is 19.6 Å². The lowest BCUT2D eigenvalue weighted by atomic mass is 10.2. The molecule has 3 nitrogen and oxygen atoms in total. The summed E-state index contributed by atoms with van der Waals surface area (Å²) in [6, 6.07) is 5.81. The van der Waals surface area contributed by atoms with E-state index in [2.05, 4.69) is 0 Å². The van der Waals surface area contributed by atoms with Crippen LogP contribution in [0, 0.1) is 5.82 Å². The summed E-state index contributed by atoms with van der Waals surface area (Å²) in [6.07, 6.45) is 0. The predicted molar refractivity (Wildman–Crippen MR) is 57.0 cm³/mol. The van der Waals surface area contributed by atoms with Gasteiger partial charge in [-0.1, -0.05) is 12.1 Å². The first-order chi connectivity index (χ1) is 7.02. The van der Waals surface area contributed by atoms with Crippen molar-refractivity contribution < 1.29 is 9.18 Å². The topological polar surface area (TPSA) is 46.3 Å². The number of amides is 1. The molecule has 0 aromatic heterocycles. The molecule has 82 valence electrons. The minimum atomic E-state index is -0.501. The van der Waals surface area contributed by atoms with E-state index in [0.29, 0.717) is 6.54 Å². The number of halogens is 1. The van der Waals surface area contributed by atoms with Crippen LogP contribution in [-0.2, 0) is 0 Å². The summed E-state index contributed by atoms with van der Waals surface area (Å²) in [4.78, 5) is 13.2. The van der Waals surface area contributed by atoms with E-state index in [4.69, 9.17) is 5.73 Å². The van der Waals surface area contributed by atoms with Gasteiger partial charge in [0.05, 0.1) is 5.56 Å². The Morgan fingerprint density at radius 2 is 2.13 bits per heavy atom. The van der Waals surface area contributed by atoms with E-state index in [-0.39, 0.29) is 17.5 Å². The highest BCUT2D eigenvalue weighted by Gasteiger charge is 2.15. The van der Waals surface area contributed by atoms with Crippen molar-refractivity contribution in [1.82, 2.24) is 4.90 Å². The number of rotatable bonds is 3. The maximum absolute atomic E-state index is 13.3. The molecule has 15 heavy (non-hydrogen) atoms. The van der Waals surface area contributed by atoms with Gasteiger partial charge in [-0.2, -0.15) is 0 Å². The van der Waals surface area contributed by atoms with E-state index in [1.807, 2.05) is 0 Å². The number of nitrogens with zero attached hydrogens (tertiary/aromatic N) is 1. The Kier molecular flexibility index (Phi) is 3.80. The molecule has 0 spiro atoms. The molecule has 1 unspecified atom stereocenters. The molecule has 1 aromatic rings. The maximum atomic E-state index is 13.3. The zero-order valence-corrected chi connectivity index (χ0v) is 8.90. The zero-order valence-electron chi connectivity index (χ0n) is 8.90. The van der Waals surface area contributed by atoms with Gasteiger partial charge in [0.15, 0.2) is 0 Å². The molecule has 0 aliphatic rings. The number of nitrogens with two attached hydrogens (primary N) is 1. The van der Waals surface area contributed by atoms with Gasteiger partial charge in [0.2, 0.25) is 0 Å². The van der Waals surface area contributed by atoms with E-state index < -0.39 is 5.82 Å². The molecule has 0 radical (unpaired) electrons. The van der Waals surface area contributed by atoms with Crippen LogP contribution < -0.4 is 5.73 Å². The van der Waals surface area contributed by atoms with Crippen LogP contribution in [0.15, 0.2) is 24.3 Å². The smallest absolute Gasteiger partial charge is 0.256 e. The summed E-state index contributed by atoms with van der Waals surface area (Å²) in [6.45, 7) is 2.21. The molecule has 0 heterocycles. The van der Waals surface area contributed by atoms with Gasteiger partial charge in [0.25, 0.3) is 5.91 Å². The first-order valence-corrected chi connectivity index (χ1v) is 4.78. The molecule has 1 rings (SSSR count). The SMILES string of the molecule is CC(N)CN(C)C(=O)c1ccccc1F. The Labute approximate surface area is 88.7 Å². The third-order valence-electron chi connectivity index (χ3n) is 2.01. The fraction of sp³-hybridized carbons (Fsp3) is 0.364. The lowest BCUT2D eigenvalue weighted by Gasteiger charge is -2.19. The second-order valence-corrected chi connectivity index (χ2v) is 3.64. The summed E-state index contributed by atoms with van der Waals surface area (Å²) >= 11 is 0.